The zero-order chi connectivity index (χ0) is 25.1. The third kappa shape index (κ3) is 6.17. The first-order valence-electron chi connectivity index (χ1n) is 10.3. The molecule has 9 heteroatoms. The number of nitro benzene ring substituents is 1. The molecule has 0 radical (unpaired) electrons. The lowest BCUT2D eigenvalue weighted by atomic mass is 9.87. The zero-order valence-electron chi connectivity index (χ0n) is 18.7. The number of alkyl halides is 3. The van der Waals surface area contributed by atoms with Gasteiger partial charge in [0.1, 0.15) is 6.61 Å². The number of nitrogens with zero attached hydrogens (tertiary/aromatic N) is 1. The zero-order valence-corrected chi connectivity index (χ0v) is 19.5. The van der Waals surface area contributed by atoms with E-state index < -0.39 is 28.3 Å². The Kier molecular flexibility index (Phi) is 7.35. The summed E-state index contributed by atoms with van der Waals surface area (Å²) in [5.74, 6) is -0.641. The van der Waals surface area contributed by atoms with Crippen LogP contribution < -0.4 is 0 Å². The fourth-order valence-electron chi connectivity index (χ4n) is 3.09. The Bertz CT molecular complexity index is 1200. The Balaban J connectivity index is 1.80. The van der Waals surface area contributed by atoms with E-state index >= 15 is 0 Å². The van der Waals surface area contributed by atoms with Crippen molar-refractivity contribution in [2.75, 3.05) is 0 Å². The van der Waals surface area contributed by atoms with Crippen molar-refractivity contribution in [2.45, 2.75) is 48.8 Å². The Hall–Kier alpha value is -3.33. The highest BCUT2D eigenvalue weighted by Gasteiger charge is 2.33. The summed E-state index contributed by atoms with van der Waals surface area (Å²) in [5.41, 5.74) is 0.280. The molecule has 0 amide bonds. The first-order chi connectivity index (χ1) is 15.9. The predicted molar refractivity (Wildman–Crippen MR) is 123 cm³/mol. The molecule has 0 spiro atoms. The number of halogens is 3. The molecule has 3 rings (SSSR count). The third-order valence-corrected chi connectivity index (χ3v) is 6.14. The topological polar surface area (TPSA) is 69.4 Å². The van der Waals surface area contributed by atoms with Gasteiger partial charge >= 0.3 is 12.1 Å². The average Bonchev–Trinajstić information content (AvgIpc) is 2.77. The van der Waals surface area contributed by atoms with Crippen molar-refractivity contribution in [3.05, 3.63) is 99.1 Å². The molecule has 5 nitrogen and oxygen atoms in total. The van der Waals surface area contributed by atoms with E-state index in [1.807, 2.05) is 24.3 Å². The van der Waals surface area contributed by atoms with Crippen LogP contribution >= 0.6 is 11.8 Å². The van der Waals surface area contributed by atoms with Crippen LogP contribution in [0.1, 0.15) is 47.8 Å². The van der Waals surface area contributed by atoms with Crippen LogP contribution in [0, 0.1) is 10.1 Å². The summed E-state index contributed by atoms with van der Waals surface area (Å²) in [4.78, 5) is 23.6. The minimum absolute atomic E-state index is 0.00766. The normalized spacial score (nSPS) is 11.8. The first kappa shape index (κ1) is 25.3. The van der Waals surface area contributed by atoms with E-state index in [-0.39, 0.29) is 22.5 Å². The lowest BCUT2D eigenvalue weighted by molar-refractivity contribution is -0.388. The van der Waals surface area contributed by atoms with E-state index in [9.17, 15) is 28.1 Å². The van der Waals surface area contributed by atoms with Crippen molar-refractivity contribution in [2.24, 2.45) is 0 Å². The summed E-state index contributed by atoms with van der Waals surface area (Å²) in [5, 5.41) is 11.4. The number of hydrogen-bond donors (Lipinski definition) is 0. The minimum atomic E-state index is -4.71. The number of hydrogen-bond acceptors (Lipinski definition) is 5. The highest BCUT2D eigenvalue weighted by molar-refractivity contribution is 7.99. The van der Waals surface area contributed by atoms with Crippen molar-refractivity contribution >= 4 is 23.4 Å². The fourth-order valence-corrected chi connectivity index (χ4v) is 4.11. The van der Waals surface area contributed by atoms with E-state index in [0.717, 1.165) is 35.0 Å². The molecule has 0 bridgehead atoms. The van der Waals surface area contributed by atoms with Gasteiger partial charge in [0.15, 0.2) is 0 Å². The van der Waals surface area contributed by atoms with Gasteiger partial charge in [-0.15, -0.1) is 0 Å². The van der Waals surface area contributed by atoms with Gasteiger partial charge in [0.05, 0.1) is 20.9 Å². The lowest BCUT2D eigenvalue weighted by Crippen LogP contribution is -2.11. The van der Waals surface area contributed by atoms with Crippen LogP contribution in [0.3, 0.4) is 0 Å². The smallest absolute Gasteiger partial charge is 0.416 e. The molecule has 3 aromatic carbocycles. The molecule has 178 valence electrons. The summed E-state index contributed by atoms with van der Waals surface area (Å²) in [6, 6.07) is 16.3. The molecule has 34 heavy (non-hydrogen) atoms. The molecular weight excluding hydrogens is 467 g/mol. The maximum atomic E-state index is 13.0. The molecule has 0 aliphatic rings. The molecule has 0 saturated heterocycles. The number of ether oxygens (including phenoxy) is 1. The van der Waals surface area contributed by atoms with Crippen LogP contribution in [0.4, 0.5) is 18.9 Å². The van der Waals surface area contributed by atoms with Gasteiger partial charge in [0.2, 0.25) is 0 Å². The van der Waals surface area contributed by atoms with Gasteiger partial charge in [-0.25, -0.2) is 4.79 Å². The molecule has 0 aliphatic carbocycles. The Morgan fingerprint density at radius 1 is 0.941 bits per heavy atom. The Morgan fingerprint density at radius 2 is 1.56 bits per heavy atom. The van der Waals surface area contributed by atoms with Gasteiger partial charge in [-0.3, -0.25) is 10.1 Å². The molecule has 3 aromatic rings. The highest BCUT2D eigenvalue weighted by Crippen LogP contribution is 2.40. The van der Waals surface area contributed by atoms with Crippen LogP contribution in [0.2, 0.25) is 0 Å². The second kappa shape index (κ2) is 9.89. The SMILES string of the molecule is CC(C)(C)c1ccc(COC(=O)c2ccccc2Sc2ccc(C(F)(F)F)cc2[N+](=O)[O-])cc1. The summed E-state index contributed by atoms with van der Waals surface area (Å²) in [7, 11) is 0. The summed E-state index contributed by atoms with van der Waals surface area (Å²) < 4.78 is 44.3. The number of nitro groups is 1. The number of carbonyl (C=O) groups is 1. The second-order valence-electron chi connectivity index (χ2n) is 8.56. The Labute approximate surface area is 199 Å². The third-order valence-electron chi connectivity index (χ3n) is 5.00. The summed E-state index contributed by atoms with van der Waals surface area (Å²) in [6.45, 7) is 6.32. The number of benzene rings is 3. The first-order valence-corrected chi connectivity index (χ1v) is 11.1. The van der Waals surface area contributed by atoms with E-state index in [2.05, 4.69) is 20.8 Å². The van der Waals surface area contributed by atoms with Crippen LogP contribution in [0.5, 0.6) is 0 Å². The maximum absolute atomic E-state index is 13.0. The predicted octanol–water partition coefficient (Wildman–Crippen LogP) is 7.42. The largest absolute Gasteiger partial charge is 0.457 e. The van der Waals surface area contributed by atoms with E-state index in [1.165, 1.54) is 6.07 Å². The number of rotatable bonds is 6. The van der Waals surface area contributed by atoms with Gasteiger partial charge in [0, 0.05) is 11.0 Å². The van der Waals surface area contributed by atoms with Gasteiger partial charge in [-0.05, 0) is 40.8 Å². The molecule has 0 N–H and O–H groups in total. The number of carbonyl (C=O) groups excluding carboxylic acids is 1. The lowest BCUT2D eigenvalue weighted by Gasteiger charge is -2.19. The van der Waals surface area contributed by atoms with Crippen molar-refractivity contribution in [1.29, 1.82) is 0 Å². The van der Waals surface area contributed by atoms with Crippen molar-refractivity contribution < 1.29 is 27.6 Å². The van der Waals surface area contributed by atoms with Gasteiger partial charge in [0.25, 0.3) is 5.69 Å². The standard InChI is InChI=1S/C25H22F3NO4S/c1-24(2,3)17-10-8-16(9-11-17)15-33-23(30)19-6-4-5-7-21(19)34-22-13-12-18(25(26,27)28)14-20(22)29(31)32/h4-14H,15H2,1-3H3. The molecule has 0 aromatic heterocycles. The summed E-state index contributed by atoms with van der Waals surface area (Å²) >= 11 is 0.833. The molecular formula is C25H22F3NO4S. The average molecular weight is 490 g/mol. The van der Waals surface area contributed by atoms with Gasteiger partial charge < -0.3 is 4.74 Å². The van der Waals surface area contributed by atoms with Crippen LogP contribution in [-0.4, -0.2) is 10.9 Å². The fraction of sp³-hybridized carbons (Fsp3) is 0.240. The van der Waals surface area contributed by atoms with Crippen molar-refractivity contribution in [3.8, 4) is 0 Å². The van der Waals surface area contributed by atoms with Crippen LogP contribution in [0.25, 0.3) is 0 Å². The number of esters is 1. The van der Waals surface area contributed by atoms with Crippen LogP contribution in [0.15, 0.2) is 76.5 Å². The quantitative estimate of drug-likeness (QED) is 0.205. The monoisotopic (exact) mass is 489 g/mol. The maximum Gasteiger partial charge on any atom is 0.416 e. The van der Waals surface area contributed by atoms with E-state index in [0.29, 0.717) is 11.0 Å². The van der Waals surface area contributed by atoms with Gasteiger partial charge in [-0.2, -0.15) is 13.2 Å². The second-order valence-corrected chi connectivity index (χ2v) is 9.64. The molecule has 0 saturated carbocycles. The molecule has 0 unspecified atom stereocenters. The van der Waals surface area contributed by atoms with Gasteiger partial charge in [-0.1, -0.05) is 68.9 Å². The highest BCUT2D eigenvalue weighted by atomic mass is 32.2. The Morgan fingerprint density at radius 3 is 2.15 bits per heavy atom. The van der Waals surface area contributed by atoms with Crippen molar-refractivity contribution in [3.63, 3.8) is 0 Å². The van der Waals surface area contributed by atoms with E-state index in [1.54, 1.807) is 18.2 Å². The van der Waals surface area contributed by atoms with Crippen LogP contribution in [-0.2, 0) is 22.9 Å². The molecule has 0 aliphatic heterocycles. The summed E-state index contributed by atoms with van der Waals surface area (Å²) in [6.07, 6.45) is -4.71. The molecule has 0 heterocycles. The van der Waals surface area contributed by atoms with E-state index in [4.69, 9.17) is 4.74 Å². The molecule has 0 atom stereocenters. The van der Waals surface area contributed by atoms with Crippen molar-refractivity contribution in [1.82, 2.24) is 0 Å². The molecule has 0 fully saturated rings. The minimum Gasteiger partial charge on any atom is -0.457 e.